The van der Waals surface area contributed by atoms with Crippen molar-refractivity contribution >= 4 is 10.9 Å². The Labute approximate surface area is 119 Å². The first kappa shape index (κ1) is 12.9. The third kappa shape index (κ3) is 2.58. The smallest absolute Gasteiger partial charge is 0.0486 e. The van der Waals surface area contributed by atoms with Crippen LogP contribution in [0.25, 0.3) is 10.9 Å². The van der Waals surface area contributed by atoms with Gasteiger partial charge in [-0.3, -0.25) is 4.98 Å². The number of pyridine rings is 1. The Hall–Kier alpha value is -2.13. The molecule has 0 spiro atoms. The summed E-state index contributed by atoms with van der Waals surface area (Å²) in [5.74, 6) is 0. The number of fused-ring (bicyclic) bond motifs is 1. The second-order valence-electron chi connectivity index (χ2n) is 5.34. The third-order valence-electron chi connectivity index (χ3n) is 3.52. The van der Waals surface area contributed by atoms with Crippen molar-refractivity contribution < 1.29 is 0 Å². The second kappa shape index (κ2) is 5.47. The topological polar surface area (TPSA) is 43.8 Å². The molecule has 2 aromatic heterocycles. The van der Waals surface area contributed by atoms with Crippen LogP contribution >= 0.6 is 0 Å². The molecule has 3 aromatic rings. The standard InChI is InChI=1S/C17H19N3/c1-13(18)10-15-12-20(11-14-6-8-19-9-7-14)17-5-3-2-4-16(15)17/h2-9,12-13H,10-11,18H2,1H3. The fourth-order valence-corrected chi connectivity index (χ4v) is 2.65. The number of para-hydroxylation sites is 1. The van der Waals surface area contributed by atoms with E-state index in [4.69, 9.17) is 5.73 Å². The Morgan fingerprint density at radius 3 is 2.65 bits per heavy atom. The number of nitrogens with two attached hydrogens (primary N) is 1. The predicted octanol–water partition coefficient (Wildman–Crippen LogP) is 2.97. The van der Waals surface area contributed by atoms with Crippen molar-refractivity contribution in [1.82, 2.24) is 9.55 Å². The van der Waals surface area contributed by atoms with E-state index in [9.17, 15) is 0 Å². The zero-order valence-electron chi connectivity index (χ0n) is 11.7. The van der Waals surface area contributed by atoms with Crippen LogP contribution < -0.4 is 5.73 Å². The Morgan fingerprint density at radius 2 is 1.90 bits per heavy atom. The lowest BCUT2D eigenvalue weighted by atomic mass is 10.1. The Morgan fingerprint density at radius 1 is 1.15 bits per heavy atom. The molecule has 0 aliphatic heterocycles. The number of hydrogen-bond acceptors (Lipinski definition) is 2. The molecule has 0 saturated heterocycles. The maximum atomic E-state index is 5.96. The van der Waals surface area contributed by atoms with E-state index >= 15 is 0 Å². The minimum atomic E-state index is 0.176. The molecule has 3 heteroatoms. The summed E-state index contributed by atoms with van der Waals surface area (Å²) in [7, 11) is 0. The lowest BCUT2D eigenvalue weighted by molar-refractivity contribution is 0.735. The Balaban J connectivity index is 2.02. The summed E-state index contributed by atoms with van der Waals surface area (Å²) < 4.78 is 2.29. The van der Waals surface area contributed by atoms with Gasteiger partial charge in [0.1, 0.15) is 0 Å². The van der Waals surface area contributed by atoms with Crippen LogP contribution in [0.1, 0.15) is 18.1 Å². The highest BCUT2D eigenvalue weighted by Crippen LogP contribution is 2.23. The van der Waals surface area contributed by atoms with Gasteiger partial charge in [0, 0.05) is 42.1 Å². The van der Waals surface area contributed by atoms with Gasteiger partial charge in [0.25, 0.3) is 0 Å². The van der Waals surface area contributed by atoms with Crippen LogP contribution in [-0.2, 0) is 13.0 Å². The lowest BCUT2D eigenvalue weighted by Crippen LogP contribution is -2.17. The average Bonchev–Trinajstić information content (AvgIpc) is 2.78. The van der Waals surface area contributed by atoms with Crippen molar-refractivity contribution in [2.75, 3.05) is 0 Å². The molecule has 0 fully saturated rings. The van der Waals surface area contributed by atoms with Crippen molar-refractivity contribution in [3.8, 4) is 0 Å². The molecule has 0 aliphatic carbocycles. The van der Waals surface area contributed by atoms with Crippen molar-refractivity contribution in [3.63, 3.8) is 0 Å². The van der Waals surface area contributed by atoms with Crippen molar-refractivity contribution in [3.05, 3.63) is 66.1 Å². The number of benzene rings is 1. The normalized spacial score (nSPS) is 12.7. The van der Waals surface area contributed by atoms with Crippen LogP contribution in [-0.4, -0.2) is 15.6 Å². The van der Waals surface area contributed by atoms with Crippen LogP contribution in [0.2, 0.25) is 0 Å². The molecule has 102 valence electrons. The van der Waals surface area contributed by atoms with E-state index in [0.717, 1.165) is 13.0 Å². The fourth-order valence-electron chi connectivity index (χ4n) is 2.65. The van der Waals surface area contributed by atoms with E-state index in [0.29, 0.717) is 0 Å². The van der Waals surface area contributed by atoms with Crippen molar-refractivity contribution in [2.24, 2.45) is 5.73 Å². The molecular weight excluding hydrogens is 246 g/mol. The van der Waals surface area contributed by atoms with Crippen molar-refractivity contribution in [2.45, 2.75) is 25.9 Å². The minimum absolute atomic E-state index is 0.176. The molecule has 1 atom stereocenters. The third-order valence-corrected chi connectivity index (χ3v) is 3.52. The lowest BCUT2D eigenvalue weighted by Gasteiger charge is -2.05. The first-order valence-corrected chi connectivity index (χ1v) is 6.95. The first-order chi connectivity index (χ1) is 9.74. The molecule has 2 heterocycles. The molecule has 3 nitrogen and oxygen atoms in total. The van der Waals surface area contributed by atoms with E-state index in [1.807, 2.05) is 12.4 Å². The zero-order chi connectivity index (χ0) is 13.9. The molecule has 0 aliphatic rings. The van der Waals surface area contributed by atoms with Gasteiger partial charge in [0.2, 0.25) is 0 Å². The van der Waals surface area contributed by atoms with Crippen LogP contribution in [0.4, 0.5) is 0 Å². The molecule has 1 unspecified atom stereocenters. The highest BCUT2D eigenvalue weighted by Gasteiger charge is 2.09. The zero-order valence-corrected chi connectivity index (χ0v) is 11.7. The number of aromatic nitrogens is 2. The summed E-state index contributed by atoms with van der Waals surface area (Å²) in [4.78, 5) is 4.07. The highest BCUT2D eigenvalue weighted by atomic mass is 15.0. The summed E-state index contributed by atoms with van der Waals surface area (Å²) in [6.07, 6.45) is 6.81. The van der Waals surface area contributed by atoms with Crippen LogP contribution in [0, 0.1) is 0 Å². The maximum absolute atomic E-state index is 5.96. The molecular formula is C17H19N3. The van der Waals surface area contributed by atoms with E-state index < -0.39 is 0 Å². The van der Waals surface area contributed by atoms with Crippen LogP contribution in [0.3, 0.4) is 0 Å². The predicted molar refractivity (Wildman–Crippen MR) is 82.6 cm³/mol. The second-order valence-corrected chi connectivity index (χ2v) is 5.34. The van der Waals surface area contributed by atoms with E-state index in [1.165, 1.54) is 22.0 Å². The van der Waals surface area contributed by atoms with Gasteiger partial charge in [0.05, 0.1) is 0 Å². The van der Waals surface area contributed by atoms with Gasteiger partial charge in [-0.2, -0.15) is 0 Å². The van der Waals surface area contributed by atoms with E-state index in [1.54, 1.807) is 0 Å². The van der Waals surface area contributed by atoms with Gasteiger partial charge in [0.15, 0.2) is 0 Å². The van der Waals surface area contributed by atoms with Gasteiger partial charge in [-0.05, 0) is 42.7 Å². The largest absolute Gasteiger partial charge is 0.343 e. The number of rotatable bonds is 4. The summed E-state index contributed by atoms with van der Waals surface area (Å²) >= 11 is 0. The van der Waals surface area contributed by atoms with Crippen LogP contribution in [0.15, 0.2) is 55.0 Å². The van der Waals surface area contributed by atoms with Crippen LogP contribution in [0.5, 0.6) is 0 Å². The average molecular weight is 265 g/mol. The van der Waals surface area contributed by atoms with Gasteiger partial charge >= 0.3 is 0 Å². The number of hydrogen-bond donors (Lipinski definition) is 1. The molecule has 20 heavy (non-hydrogen) atoms. The Kier molecular flexibility index (Phi) is 3.52. The van der Waals surface area contributed by atoms with E-state index in [-0.39, 0.29) is 6.04 Å². The van der Waals surface area contributed by atoms with Crippen molar-refractivity contribution in [1.29, 1.82) is 0 Å². The summed E-state index contributed by atoms with van der Waals surface area (Å²) in [6.45, 7) is 2.91. The molecule has 0 radical (unpaired) electrons. The molecule has 0 amide bonds. The Bertz CT molecular complexity index is 699. The molecule has 3 rings (SSSR count). The van der Waals surface area contributed by atoms with Gasteiger partial charge in [-0.15, -0.1) is 0 Å². The first-order valence-electron chi connectivity index (χ1n) is 6.95. The molecule has 0 bridgehead atoms. The van der Waals surface area contributed by atoms with E-state index in [2.05, 4.69) is 59.1 Å². The van der Waals surface area contributed by atoms with Gasteiger partial charge in [-0.1, -0.05) is 18.2 Å². The quantitative estimate of drug-likeness (QED) is 0.788. The summed E-state index contributed by atoms with van der Waals surface area (Å²) in [5, 5.41) is 1.30. The number of nitrogens with zero attached hydrogens (tertiary/aromatic N) is 2. The fraction of sp³-hybridized carbons (Fsp3) is 0.235. The molecule has 0 saturated carbocycles. The summed E-state index contributed by atoms with van der Waals surface area (Å²) in [5.41, 5.74) is 9.80. The maximum Gasteiger partial charge on any atom is 0.0486 e. The monoisotopic (exact) mass is 265 g/mol. The molecule has 2 N–H and O–H groups in total. The van der Waals surface area contributed by atoms with Gasteiger partial charge < -0.3 is 10.3 Å². The minimum Gasteiger partial charge on any atom is -0.343 e. The highest BCUT2D eigenvalue weighted by molar-refractivity contribution is 5.84. The SMILES string of the molecule is CC(N)Cc1cn(Cc2ccncc2)c2ccccc12. The summed E-state index contributed by atoms with van der Waals surface area (Å²) in [6, 6.07) is 12.8. The van der Waals surface area contributed by atoms with Gasteiger partial charge in [-0.25, -0.2) is 0 Å². The molecule has 1 aromatic carbocycles.